The summed E-state index contributed by atoms with van der Waals surface area (Å²) in [6.07, 6.45) is 0. The van der Waals surface area contributed by atoms with Gasteiger partial charge in [-0.3, -0.25) is 9.59 Å². The van der Waals surface area contributed by atoms with Gasteiger partial charge in [0, 0.05) is 24.4 Å². The molecule has 0 saturated carbocycles. The third-order valence-corrected chi connectivity index (χ3v) is 2.80. The molecular weight excluding hydrogens is 294 g/mol. The molecule has 0 fully saturated rings. The summed E-state index contributed by atoms with van der Waals surface area (Å²) >= 11 is 0. The van der Waals surface area contributed by atoms with Gasteiger partial charge in [-0.1, -0.05) is 12.1 Å². The number of nitrogens with zero attached hydrogens (tertiary/aromatic N) is 1. The number of hydrogen-bond donors (Lipinski definition) is 2. The van der Waals surface area contributed by atoms with Gasteiger partial charge in [0.05, 0.1) is 11.6 Å². The van der Waals surface area contributed by atoms with Gasteiger partial charge in [0.2, 0.25) is 5.91 Å². The van der Waals surface area contributed by atoms with Gasteiger partial charge in [-0.2, -0.15) is 5.26 Å². The molecule has 0 aliphatic carbocycles. The van der Waals surface area contributed by atoms with Crippen LogP contribution in [0.25, 0.3) is 0 Å². The lowest BCUT2D eigenvalue weighted by Gasteiger charge is -2.09. The Kier molecular flexibility index (Phi) is 5.31. The first kappa shape index (κ1) is 16.0. The van der Waals surface area contributed by atoms with E-state index in [-0.39, 0.29) is 18.4 Å². The van der Waals surface area contributed by atoms with E-state index >= 15 is 0 Å². The van der Waals surface area contributed by atoms with Crippen molar-refractivity contribution < 1.29 is 14.3 Å². The molecule has 0 aliphatic heterocycles. The van der Waals surface area contributed by atoms with Crippen LogP contribution in [0.15, 0.2) is 48.5 Å². The number of carbonyl (C=O) groups excluding carboxylic acids is 2. The number of hydrogen-bond acceptors (Lipinski definition) is 4. The van der Waals surface area contributed by atoms with Crippen molar-refractivity contribution in [3.8, 4) is 11.8 Å². The lowest BCUT2D eigenvalue weighted by atomic mass is 10.2. The van der Waals surface area contributed by atoms with Crippen molar-refractivity contribution in [1.29, 1.82) is 5.26 Å². The second-order valence-electron chi connectivity index (χ2n) is 4.74. The molecule has 2 amide bonds. The smallest absolute Gasteiger partial charge is 0.262 e. The molecule has 2 aromatic rings. The normalized spacial score (nSPS) is 9.57. The maximum Gasteiger partial charge on any atom is 0.262 e. The SMILES string of the molecule is CC(=O)Nc1cccc(OCC(=O)Nc2cccc(C#N)c2)c1. The van der Waals surface area contributed by atoms with Crippen molar-refractivity contribution in [2.45, 2.75) is 6.92 Å². The first-order chi connectivity index (χ1) is 11.1. The Labute approximate surface area is 133 Å². The summed E-state index contributed by atoms with van der Waals surface area (Å²) in [7, 11) is 0. The molecule has 6 heteroatoms. The van der Waals surface area contributed by atoms with Crippen LogP contribution in [-0.4, -0.2) is 18.4 Å². The highest BCUT2D eigenvalue weighted by Crippen LogP contribution is 2.17. The Hall–Kier alpha value is -3.33. The lowest BCUT2D eigenvalue weighted by Crippen LogP contribution is -2.20. The van der Waals surface area contributed by atoms with Crippen LogP contribution in [-0.2, 0) is 9.59 Å². The average Bonchev–Trinajstić information content (AvgIpc) is 2.53. The third-order valence-electron chi connectivity index (χ3n) is 2.80. The minimum Gasteiger partial charge on any atom is -0.484 e. The number of nitrogens with one attached hydrogen (secondary N) is 2. The Morgan fingerprint density at radius 1 is 1.09 bits per heavy atom. The molecule has 0 spiro atoms. The van der Waals surface area contributed by atoms with Gasteiger partial charge in [0.25, 0.3) is 5.91 Å². The van der Waals surface area contributed by atoms with Gasteiger partial charge >= 0.3 is 0 Å². The van der Waals surface area contributed by atoms with E-state index in [1.165, 1.54) is 6.92 Å². The molecule has 0 saturated heterocycles. The molecule has 23 heavy (non-hydrogen) atoms. The summed E-state index contributed by atoms with van der Waals surface area (Å²) in [5, 5.41) is 14.1. The molecule has 2 N–H and O–H groups in total. The Morgan fingerprint density at radius 2 is 1.78 bits per heavy atom. The topological polar surface area (TPSA) is 91.2 Å². The first-order valence-corrected chi connectivity index (χ1v) is 6.87. The Balaban J connectivity index is 1.91. The third kappa shape index (κ3) is 5.17. The lowest BCUT2D eigenvalue weighted by molar-refractivity contribution is -0.118. The van der Waals surface area contributed by atoms with Crippen LogP contribution >= 0.6 is 0 Å². The zero-order chi connectivity index (χ0) is 16.7. The zero-order valence-electron chi connectivity index (χ0n) is 12.5. The van der Waals surface area contributed by atoms with Crippen molar-refractivity contribution >= 4 is 23.2 Å². The van der Waals surface area contributed by atoms with Crippen LogP contribution in [0.3, 0.4) is 0 Å². The molecule has 2 aromatic carbocycles. The van der Waals surface area contributed by atoms with Gasteiger partial charge in [0.15, 0.2) is 6.61 Å². The molecule has 0 aromatic heterocycles. The number of ether oxygens (including phenoxy) is 1. The number of amides is 2. The maximum absolute atomic E-state index is 11.9. The van der Waals surface area contributed by atoms with E-state index in [9.17, 15) is 9.59 Å². The monoisotopic (exact) mass is 309 g/mol. The van der Waals surface area contributed by atoms with Crippen LogP contribution in [0.2, 0.25) is 0 Å². The second-order valence-corrected chi connectivity index (χ2v) is 4.74. The van der Waals surface area contributed by atoms with Crippen molar-refractivity contribution in [2.24, 2.45) is 0 Å². The Morgan fingerprint density at radius 3 is 2.48 bits per heavy atom. The molecule has 0 radical (unpaired) electrons. The second kappa shape index (κ2) is 7.61. The highest BCUT2D eigenvalue weighted by Gasteiger charge is 2.05. The predicted octanol–water partition coefficient (Wildman–Crippen LogP) is 2.53. The van der Waals surface area contributed by atoms with Crippen LogP contribution < -0.4 is 15.4 Å². The number of benzene rings is 2. The molecule has 116 valence electrons. The average molecular weight is 309 g/mol. The standard InChI is InChI=1S/C17H15N3O3/c1-12(21)19-15-6-3-7-16(9-15)23-11-17(22)20-14-5-2-4-13(8-14)10-18/h2-9H,11H2,1H3,(H,19,21)(H,20,22). The van der Waals surface area contributed by atoms with Gasteiger partial charge < -0.3 is 15.4 Å². The van der Waals surface area contributed by atoms with Gasteiger partial charge in [-0.05, 0) is 30.3 Å². The number of anilines is 2. The highest BCUT2D eigenvalue weighted by molar-refractivity contribution is 5.92. The minimum absolute atomic E-state index is 0.180. The van der Waals surface area contributed by atoms with Crippen molar-refractivity contribution in [3.05, 3.63) is 54.1 Å². The summed E-state index contributed by atoms with van der Waals surface area (Å²) in [5.41, 5.74) is 1.59. The molecule has 0 heterocycles. The number of nitriles is 1. The summed E-state index contributed by atoms with van der Waals surface area (Å²) in [4.78, 5) is 22.9. The number of rotatable bonds is 5. The molecular formula is C17H15N3O3. The van der Waals surface area contributed by atoms with Gasteiger partial charge in [-0.15, -0.1) is 0 Å². The van der Waals surface area contributed by atoms with Crippen LogP contribution in [0.1, 0.15) is 12.5 Å². The molecule has 0 atom stereocenters. The van der Waals surface area contributed by atoms with E-state index in [1.807, 2.05) is 6.07 Å². The van der Waals surface area contributed by atoms with E-state index in [4.69, 9.17) is 10.00 Å². The van der Waals surface area contributed by atoms with Crippen LogP contribution in [0.5, 0.6) is 5.75 Å². The maximum atomic E-state index is 11.9. The fraction of sp³-hybridized carbons (Fsp3) is 0.118. The summed E-state index contributed by atoms with van der Waals surface area (Å²) in [5.74, 6) is -0.0561. The van der Waals surface area contributed by atoms with Crippen LogP contribution in [0, 0.1) is 11.3 Å². The summed E-state index contributed by atoms with van der Waals surface area (Å²) in [6.45, 7) is 1.23. The van der Waals surface area contributed by atoms with Gasteiger partial charge in [-0.25, -0.2) is 0 Å². The Bertz CT molecular complexity index is 766. The zero-order valence-corrected chi connectivity index (χ0v) is 12.5. The first-order valence-electron chi connectivity index (χ1n) is 6.87. The van der Waals surface area contributed by atoms with E-state index in [1.54, 1.807) is 48.5 Å². The molecule has 2 rings (SSSR count). The van der Waals surface area contributed by atoms with Crippen molar-refractivity contribution in [1.82, 2.24) is 0 Å². The quantitative estimate of drug-likeness (QED) is 0.888. The molecule has 0 aliphatic rings. The van der Waals surface area contributed by atoms with E-state index in [0.29, 0.717) is 22.7 Å². The fourth-order valence-corrected chi connectivity index (χ4v) is 1.88. The van der Waals surface area contributed by atoms with Crippen molar-refractivity contribution in [2.75, 3.05) is 17.2 Å². The summed E-state index contributed by atoms with van der Waals surface area (Å²) < 4.78 is 5.39. The molecule has 0 bridgehead atoms. The van der Waals surface area contributed by atoms with Crippen LogP contribution in [0.4, 0.5) is 11.4 Å². The predicted molar refractivity (Wildman–Crippen MR) is 86.0 cm³/mol. The highest BCUT2D eigenvalue weighted by atomic mass is 16.5. The van der Waals surface area contributed by atoms with Gasteiger partial charge in [0.1, 0.15) is 5.75 Å². The number of carbonyl (C=O) groups is 2. The van der Waals surface area contributed by atoms with Crippen molar-refractivity contribution in [3.63, 3.8) is 0 Å². The minimum atomic E-state index is -0.343. The molecule has 0 unspecified atom stereocenters. The van der Waals surface area contributed by atoms with E-state index < -0.39 is 0 Å². The van der Waals surface area contributed by atoms with E-state index in [0.717, 1.165) is 0 Å². The fourth-order valence-electron chi connectivity index (χ4n) is 1.88. The molecule has 6 nitrogen and oxygen atoms in total. The summed E-state index contributed by atoms with van der Waals surface area (Å²) in [6, 6.07) is 15.4. The van der Waals surface area contributed by atoms with E-state index in [2.05, 4.69) is 10.6 Å². The largest absolute Gasteiger partial charge is 0.484 e.